The van der Waals surface area contributed by atoms with E-state index in [0.717, 1.165) is 10.7 Å². The number of hydrogen-bond acceptors (Lipinski definition) is 6. The minimum absolute atomic E-state index is 0.0911. The lowest BCUT2D eigenvalue weighted by molar-refractivity contribution is -0.384. The van der Waals surface area contributed by atoms with Crippen LogP contribution in [-0.2, 0) is 6.54 Å². The molecule has 0 saturated heterocycles. The number of benzene rings is 1. The Hall–Kier alpha value is -2.46. The molecule has 2 rings (SSSR count). The number of rotatable bonds is 4. The van der Waals surface area contributed by atoms with Gasteiger partial charge in [0.25, 0.3) is 5.69 Å². The highest BCUT2D eigenvalue weighted by Gasteiger charge is 2.10. The van der Waals surface area contributed by atoms with E-state index in [-0.39, 0.29) is 11.3 Å². The molecule has 1 aromatic carbocycles. The quantitative estimate of drug-likeness (QED) is 0.683. The third-order valence-electron chi connectivity index (χ3n) is 2.46. The fraction of sp³-hybridized carbons (Fsp3) is 0.167. The Kier molecular flexibility index (Phi) is 3.73. The van der Waals surface area contributed by atoms with E-state index in [4.69, 9.17) is 5.26 Å². The van der Waals surface area contributed by atoms with Gasteiger partial charge in [-0.05, 0) is 13.0 Å². The van der Waals surface area contributed by atoms with Crippen molar-refractivity contribution in [2.45, 2.75) is 13.5 Å². The maximum atomic E-state index is 10.6. The largest absolute Gasteiger partial charge is 0.378 e. The van der Waals surface area contributed by atoms with Gasteiger partial charge in [-0.1, -0.05) is 0 Å². The number of anilines is 1. The molecule has 0 unspecified atom stereocenters. The van der Waals surface area contributed by atoms with Crippen LogP contribution in [0.4, 0.5) is 11.4 Å². The number of nitrogens with one attached hydrogen (secondary N) is 1. The molecule has 0 fully saturated rings. The zero-order chi connectivity index (χ0) is 13.8. The van der Waals surface area contributed by atoms with E-state index in [1.165, 1.54) is 18.2 Å². The first-order valence-corrected chi connectivity index (χ1v) is 6.31. The van der Waals surface area contributed by atoms with E-state index in [1.54, 1.807) is 11.3 Å². The van der Waals surface area contributed by atoms with Crippen LogP contribution in [0.15, 0.2) is 23.6 Å². The number of nitriles is 1. The van der Waals surface area contributed by atoms with Crippen molar-refractivity contribution in [3.05, 3.63) is 50.0 Å². The van der Waals surface area contributed by atoms with Crippen LogP contribution in [0.2, 0.25) is 0 Å². The second-order valence-corrected chi connectivity index (χ2v) is 4.87. The van der Waals surface area contributed by atoms with Gasteiger partial charge in [-0.25, -0.2) is 4.98 Å². The summed E-state index contributed by atoms with van der Waals surface area (Å²) < 4.78 is 0. The highest BCUT2D eigenvalue weighted by molar-refractivity contribution is 7.09. The average Bonchev–Trinajstić information content (AvgIpc) is 2.81. The number of nitro benzene ring substituents is 1. The fourth-order valence-electron chi connectivity index (χ4n) is 1.57. The van der Waals surface area contributed by atoms with Gasteiger partial charge in [0.1, 0.15) is 6.07 Å². The summed E-state index contributed by atoms with van der Waals surface area (Å²) in [4.78, 5) is 14.4. The van der Waals surface area contributed by atoms with E-state index >= 15 is 0 Å². The molecule has 7 heteroatoms. The molecule has 96 valence electrons. The lowest BCUT2D eigenvalue weighted by Crippen LogP contribution is -2.02. The van der Waals surface area contributed by atoms with Gasteiger partial charge >= 0.3 is 0 Å². The van der Waals surface area contributed by atoms with E-state index < -0.39 is 4.92 Å². The zero-order valence-electron chi connectivity index (χ0n) is 10.1. The molecule has 19 heavy (non-hydrogen) atoms. The molecule has 0 atom stereocenters. The van der Waals surface area contributed by atoms with Gasteiger partial charge in [0.2, 0.25) is 0 Å². The number of aryl methyl sites for hydroxylation is 1. The molecule has 0 radical (unpaired) electrons. The van der Waals surface area contributed by atoms with E-state index in [1.807, 2.05) is 18.4 Å². The Balaban J connectivity index is 2.16. The minimum Gasteiger partial charge on any atom is -0.378 e. The summed E-state index contributed by atoms with van der Waals surface area (Å²) in [5, 5.41) is 25.6. The van der Waals surface area contributed by atoms with Crippen LogP contribution in [0.25, 0.3) is 0 Å². The van der Waals surface area contributed by atoms with Gasteiger partial charge in [-0.2, -0.15) is 5.26 Å². The predicted octanol–water partition coefficient (Wildman–Crippen LogP) is 2.84. The molecule has 0 aliphatic heterocycles. The zero-order valence-corrected chi connectivity index (χ0v) is 10.9. The number of nitrogens with zero attached hydrogens (tertiary/aromatic N) is 3. The first-order valence-electron chi connectivity index (χ1n) is 5.43. The molecule has 2 aromatic rings. The van der Waals surface area contributed by atoms with Crippen molar-refractivity contribution >= 4 is 22.7 Å². The van der Waals surface area contributed by atoms with Crippen molar-refractivity contribution in [1.82, 2.24) is 4.98 Å². The predicted molar refractivity (Wildman–Crippen MR) is 72.0 cm³/mol. The van der Waals surface area contributed by atoms with Gasteiger partial charge in [0.15, 0.2) is 0 Å². The molecule has 0 aliphatic carbocycles. The third-order valence-corrected chi connectivity index (χ3v) is 3.28. The Morgan fingerprint density at radius 3 is 2.95 bits per heavy atom. The normalized spacial score (nSPS) is 9.89. The van der Waals surface area contributed by atoms with Crippen molar-refractivity contribution in [3.8, 4) is 6.07 Å². The monoisotopic (exact) mass is 274 g/mol. The first kappa shape index (κ1) is 13.0. The highest BCUT2D eigenvalue weighted by atomic mass is 32.1. The van der Waals surface area contributed by atoms with Gasteiger partial charge in [-0.15, -0.1) is 11.3 Å². The lowest BCUT2D eigenvalue weighted by atomic mass is 10.1. The molecule has 0 amide bonds. The molecular weight excluding hydrogens is 264 g/mol. The van der Waals surface area contributed by atoms with Crippen LogP contribution in [0.1, 0.15) is 16.3 Å². The molecule has 0 bridgehead atoms. The van der Waals surface area contributed by atoms with Crippen molar-refractivity contribution < 1.29 is 4.92 Å². The van der Waals surface area contributed by atoms with Crippen molar-refractivity contribution in [2.75, 3.05) is 5.32 Å². The summed E-state index contributed by atoms with van der Waals surface area (Å²) in [6.07, 6.45) is 0. The molecule has 0 saturated carbocycles. The fourth-order valence-corrected chi connectivity index (χ4v) is 2.18. The molecule has 1 heterocycles. The van der Waals surface area contributed by atoms with Crippen LogP contribution >= 0.6 is 11.3 Å². The molecule has 1 aromatic heterocycles. The first-order chi connectivity index (χ1) is 9.10. The molecule has 6 nitrogen and oxygen atoms in total. The van der Waals surface area contributed by atoms with Gasteiger partial charge < -0.3 is 5.32 Å². The second-order valence-electron chi connectivity index (χ2n) is 3.81. The summed E-state index contributed by atoms with van der Waals surface area (Å²) in [7, 11) is 0. The average molecular weight is 274 g/mol. The number of thiazole rings is 1. The van der Waals surface area contributed by atoms with Crippen LogP contribution < -0.4 is 5.32 Å². The standard InChI is InChI=1S/C12H10N4O2S/c1-8-15-10(7-19-8)6-14-12-3-2-11(16(17)18)4-9(12)5-13/h2-4,7,14H,6H2,1H3. The van der Waals surface area contributed by atoms with Crippen LogP contribution in [-0.4, -0.2) is 9.91 Å². The molecule has 0 aliphatic rings. The van der Waals surface area contributed by atoms with Crippen LogP contribution in [0.5, 0.6) is 0 Å². The van der Waals surface area contributed by atoms with Gasteiger partial charge in [0.05, 0.1) is 33.4 Å². The van der Waals surface area contributed by atoms with Gasteiger partial charge in [-0.3, -0.25) is 10.1 Å². The Labute approximate surface area is 113 Å². The summed E-state index contributed by atoms with van der Waals surface area (Å²) in [5.74, 6) is 0. The highest BCUT2D eigenvalue weighted by Crippen LogP contribution is 2.22. The molecule has 1 N–H and O–H groups in total. The maximum absolute atomic E-state index is 10.6. The van der Waals surface area contributed by atoms with Crippen LogP contribution in [0.3, 0.4) is 0 Å². The lowest BCUT2D eigenvalue weighted by Gasteiger charge is -2.06. The summed E-state index contributed by atoms with van der Waals surface area (Å²) in [6, 6.07) is 6.11. The van der Waals surface area contributed by atoms with E-state index in [0.29, 0.717) is 12.2 Å². The summed E-state index contributed by atoms with van der Waals surface area (Å²) >= 11 is 1.55. The molecular formula is C12H10N4O2S. The van der Waals surface area contributed by atoms with Crippen molar-refractivity contribution in [3.63, 3.8) is 0 Å². The summed E-state index contributed by atoms with van der Waals surface area (Å²) in [6.45, 7) is 2.40. The number of non-ortho nitro benzene ring substituents is 1. The second kappa shape index (κ2) is 5.46. The maximum Gasteiger partial charge on any atom is 0.270 e. The molecule has 0 spiro atoms. The van der Waals surface area contributed by atoms with E-state index in [2.05, 4.69) is 10.3 Å². The van der Waals surface area contributed by atoms with E-state index in [9.17, 15) is 10.1 Å². The smallest absolute Gasteiger partial charge is 0.270 e. The topological polar surface area (TPSA) is 91.8 Å². The SMILES string of the molecule is Cc1nc(CNc2ccc([N+](=O)[O-])cc2C#N)cs1. The number of aromatic nitrogens is 1. The van der Waals surface area contributed by atoms with Crippen molar-refractivity contribution in [1.29, 1.82) is 5.26 Å². The Morgan fingerprint density at radius 2 is 2.37 bits per heavy atom. The van der Waals surface area contributed by atoms with Gasteiger partial charge in [0, 0.05) is 17.5 Å². The summed E-state index contributed by atoms with van der Waals surface area (Å²) in [5.41, 5.74) is 1.61. The number of nitro groups is 1. The van der Waals surface area contributed by atoms with Crippen molar-refractivity contribution in [2.24, 2.45) is 0 Å². The minimum atomic E-state index is -0.519. The number of hydrogen-bond donors (Lipinski definition) is 1. The Morgan fingerprint density at radius 1 is 1.58 bits per heavy atom. The third kappa shape index (κ3) is 3.05. The van der Waals surface area contributed by atoms with Crippen LogP contribution in [0, 0.1) is 28.4 Å². The Bertz CT molecular complexity index is 660.